The van der Waals surface area contributed by atoms with Gasteiger partial charge in [0.15, 0.2) is 5.82 Å². The van der Waals surface area contributed by atoms with Crippen LogP contribution < -0.4 is 4.74 Å². The first-order valence-corrected chi connectivity index (χ1v) is 11.8. The molecule has 146 valence electrons. The van der Waals surface area contributed by atoms with Crippen molar-refractivity contribution in [2.45, 2.75) is 36.5 Å². The number of methoxy groups -OCH3 is 1. The minimum absolute atomic E-state index is 0.828. The van der Waals surface area contributed by atoms with Gasteiger partial charge >= 0.3 is 0 Å². The summed E-state index contributed by atoms with van der Waals surface area (Å²) in [5, 5.41) is 2.41. The predicted molar refractivity (Wildman–Crippen MR) is 122 cm³/mol. The van der Waals surface area contributed by atoms with Crippen LogP contribution in [0.4, 0.5) is 0 Å². The van der Waals surface area contributed by atoms with E-state index in [1.165, 1.54) is 40.7 Å². The normalized spacial score (nSPS) is 13.4. The number of fused-ring (bicyclic) bond motifs is 3. The second-order valence-corrected chi connectivity index (χ2v) is 9.29. The third-order valence-electron chi connectivity index (χ3n) is 5.35. The van der Waals surface area contributed by atoms with Crippen molar-refractivity contribution in [2.24, 2.45) is 0 Å². The molecule has 0 unspecified atom stereocenters. The Kier molecular flexibility index (Phi) is 5.25. The first-order chi connectivity index (χ1) is 14.3. The van der Waals surface area contributed by atoms with Crippen LogP contribution in [-0.4, -0.2) is 17.1 Å². The lowest BCUT2D eigenvalue weighted by atomic mass is 9.97. The topological polar surface area (TPSA) is 35.0 Å². The van der Waals surface area contributed by atoms with E-state index in [4.69, 9.17) is 14.7 Å². The minimum Gasteiger partial charge on any atom is -0.497 e. The van der Waals surface area contributed by atoms with Gasteiger partial charge in [0.1, 0.15) is 15.6 Å². The average Bonchev–Trinajstić information content (AvgIpc) is 3.17. The van der Waals surface area contributed by atoms with Gasteiger partial charge in [-0.05, 0) is 48.9 Å². The van der Waals surface area contributed by atoms with E-state index in [9.17, 15) is 0 Å². The van der Waals surface area contributed by atoms with Gasteiger partial charge < -0.3 is 4.74 Å². The van der Waals surface area contributed by atoms with Gasteiger partial charge in [0.2, 0.25) is 0 Å². The first kappa shape index (κ1) is 18.6. The lowest BCUT2D eigenvalue weighted by molar-refractivity contribution is 0.414. The number of thioether (sulfide) groups is 1. The number of ether oxygens (including phenoxy) is 1. The summed E-state index contributed by atoms with van der Waals surface area (Å²) in [5.74, 6) is 2.60. The fraction of sp³-hybridized carbons (Fsp3) is 0.250. The van der Waals surface area contributed by atoms with Crippen molar-refractivity contribution in [3.05, 3.63) is 70.6 Å². The highest BCUT2D eigenvalue weighted by Gasteiger charge is 2.21. The SMILES string of the molecule is COc1ccc(CSc2nc(-c3ccccc3)nc3sc4c(c23)CCCC4)cc1. The summed E-state index contributed by atoms with van der Waals surface area (Å²) in [6.45, 7) is 0. The summed E-state index contributed by atoms with van der Waals surface area (Å²) in [4.78, 5) is 12.7. The summed E-state index contributed by atoms with van der Waals surface area (Å²) in [6.07, 6.45) is 4.88. The molecule has 5 rings (SSSR count). The van der Waals surface area contributed by atoms with E-state index in [-0.39, 0.29) is 0 Å². The molecular weight excluding hydrogens is 396 g/mol. The molecule has 0 bridgehead atoms. The Morgan fingerprint density at radius 2 is 1.76 bits per heavy atom. The monoisotopic (exact) mass is 418 g/mol. The molecule has 0 amide bonds. The number of nitrogens with zero attached hydrogens (tertiary/aromatic N) is 2. The predicted octanol–water partition coefficient (Wildman–Crippen LogP) is 6.54. The first-order valence-electron chi connectivity index (χ1n) is 9.95. The summed E-state index contributed by atoms with van der Waals surface area (Å²) < 4.78 is 5.28. The van der Waals surface area contributed by atoms with E-state index >= 15 is 0 Å². The van der Waals surface area contributed by atoms with Crippen LogP contribution in [0.2, 0.25) is 0 Å². The molecule has 1 aliphatic rings. The van der Waals surface area contributed by atoms with Crippen LogP contribution in [0.3, 0.4) is 0 Å². The maximum atomic E-state index is 5.28. The fourth-order valence-corrected chi connectivity index (χ4v) is 6.16. The van der Waals surface area contributed by atoms with Gasteiger partial charge in [-0.25, -0.2) is 9.97 Å². The zero-order valence-electron chi connectivity index (χ0n) is 16.4. The van der Waals surface area contributed by atoms with E-state index in [1.807, 2.05) is 53.4 Å². The number of rotatable bonds is 5. The number of aryl methyl sites for hydroxylation is 2. The van der Waals surface area contributed by atoms with Crippen molar-refractivity contribution < 1.29 is 4.74 Å². The molecule has 2 aromatic carbocycles. The van der Waals surface area contributed by atoms with Gasteiger partial charge in [0.25, 0.3) is 0 Å². The third-order valence-corrected chi connectivity index (χ3v) is 7.58. The number of benzene rings is 2. The maximum absolute atomic E-state index is 5.28. The average molecular weight is 419 g/mol. The summed E-state index contributed by atoms with van der Waals surface area (Å²) in [5.41, 5.74) is 3.84. The summed E-state index contributed by atoms with van der Waals surface area (Å²) in [7, 11) is 1.70. The zero-order valence-corrected chi connectivity index (χ0v) is 18.0. The molecule has 5 heteroatoms. The van der Waals surface area contributed by atoms with Crippen molar-refractivity contribution in [2.75, 3.05) is 7.11 Å². The van der Waals surface area contributed by atoms with E-state index in [0.717, 1.165) is 39.2 Å². The smallest absolute Gasteiger partial charge is 0.162 e. The molecule has 4 aromatic rings. The van der Waals surface area contributed by atoms with Crippen LogP contribution in [0.1, 0.15) is 28.8 Å². The minimum atomic E-state index is 0.828. The standard InChI is InChI=1S/C24H22N2OS2/c1-27-18-13-11-16(12-14-18)15-28-23-21-19-9-5-6-10-20(19)29-24(21)26-22(25-23)17-7-3-2-4-8-17/h2-4,7-8,11-14H,5-6,9-10,15H2,1H3. The van der Waals surface area contributed by atoms with E-state index in [0.29, 0.717) is 0 Å². The molecule has 0 N–H and O–H groups in total. The summed E-state index contributed by atoms with van der Waals surface area (Å²) >= 11 is 3.69. The van der Waals surface area contributed by atoms with E-state index in [2.05, 4.69) is 24.3 Å². The van der Waals surface area contributed by atoms with Gasteiger partial charge in [-0.15, -0.1) is 23.1 Å². The Morgan fingerprint density at radius 1 is 0.966 bits per heavy atom. The molecule has 0 radical (unpaired) electrons. The highest BCUT2D eigenvalue weighted by Crippen LogP contribution is 2.41. The number of thiophene rings is 1. The zero-order chi connectivity index (χ0) is 19.6. The molecule has 29 heavy (non-hydrogen) atoms. The van der Waals surface area contributed by atoms with E-state index in [1.54, 1.807) is 7.11 Å². The lowest BCUT2D eigenvalue weighted by Crippen LogP contribution is -2.00. The van der Waals surface area contributed by atoms with Crippen molar-refractivity contribution in [1.29, 1.82) is 0 Å². The Morgan fingerprint density at radius 3 is 2.55 bits per heavy atom. The molecule has 0 fully saturated rings. The van der Waals surface area contributed by atoms with Gasteiger partial charge in [0.05, 0.1) is 7.11 Å². The Balaban J connectivity index is 1.56. The Labute approximate surface area is 179 Å². The second-order valence-electron chi connectivity index (χ2n) is 7.25. The van der Waals surface area contributed by atoms with Crippen LogP contribution >= 0.6 is 23.1 Å². The number of hydrogen-bond acceptors (Lipinski definition) is 5. The maximum Gasteiger partial charge on any atom is 0.162 e. The quantitative estimate of drug-likeness (QED) is 0.272. The molecule has 0 atom stereocenters. The molecule has 0 spiro atoms. The number of hydrogen-bond donors (Lipinski definition) is 0. The highest BCUT2D eigenvalue weighted by molar-refractivity contribution is 7.98. The summed E-state index contributed by atoms with van der Waals surface area (Å²) in [6, 6.07) is 18.6. The molecule has 2 aromatic heterocycles. The van der Waals surface area contributed by atoms with Crippen LogP contribution in [0.25, 0.3) is 21.6 Å². The largest absolute Gasteiger partial charge is 0.497 e. The number of aromatic nitrogens is 2. The third kappa shape index (κ3) is 3.77. The van der Waals surface area contributed by atoms with Crippen molar-refractivity contribution >= 4 is 33.3 Å². The van der Waals surface area contributed by atoms with Gasteiger partial charge in [-0.2, -0.15) is 0 Å². The second kappa shape index (κ2) is 8.17. The van der Waals surface area contributed by atoms with Crippen LogP contribution in [0, 0.1) is 0 Å². The Bertz CT molecular complexity index is 1140. The van der Waals surface area contributed by atoms with Crippen LogP contribution in [0.15, 0.2) is 59.6 Å². The lowest BCUT2D eigenvalue weighted by Gasteiger charge is -2.12. The van der Waals surface area contributed by atoms with Crippen LogP contribution in [0.5, 0.6) is 5.75 Å². The molecule has 2 heterocycles. The molecular formula is C24H22N2OS2. The molecule has 1 aliphatic carbocycles. The molecule has 0 saturated carbocycles. The molecule has 3 nitrogen and oxygen atoms in total. The fourth-order valence-electron chi connectivity index (χ4n) is 3.82. The Hall–Kier alpha value is -2.37. The molecule has 0 saturated heterocycles. The van der Waals surface area contributed by atoms with E-state index < -0.39 is 0 Å². The van der Waals surface area contributed by atoms with Crippen LogP contribution in [-0.2, 0) is 18.6 Å². The highest BCUT2D eigenvalue weighted by atomic mass is 32.2. The van der Waals surface area contributed by atoms with Gasteiger partial charge in [-0.1, -0.05) is 42.5 Å². The van der Waals surface area contributed by atoms with Crippen molar-refractivity contribution in [1.82, 2.24) is 9.97 Å². The molecule has 0 aliphatic heterocycles. The van der Waals surface area contributed by atoms with Gasteiger partial charge in [0, 0.05) is 21.6 Å². The van der Waals surface area contributed by atoms with Crippen molar-refractivity contribution in [3.63, 3.8) is 0 Å². The van der Waals surface area contributed by atoms with Gasteiger partial charge in [-0.3, -0.25) is 0 Å². The van der Waals surface area contributed by atoms with Crippen molar-refractivity contribution in [3.8, 4) is 17.1 Å².